The standard InChI is InChI=1S/C11H17N3O2/c1-13-11(14-12)8-3-4-9-10(7-8)16-6-2-5-15-9/h3-4,7,11,13-14H,2,5-6,12H2,1H3. The van der Waals surface area contributed by atoms with Crippen LogP contribution in [0.15, 0.2) is 18.2 Å². The van der Waals surface area contributed by atoms with Crippen LogP contribution in [0.25, 0.3) is 0 Å². The summed E-state index contributed by atoms with van der Waals surface area (Å²) >= 11 is 0. The predicted molar refractivity (Wildman–Crippen MR) is 61.2 cm³/mol. The van der Waals surface area contributed by atoms with E-state index in [0.29, 0.717) is 13.2 Å². The molecule has 5 nitrogen and oxygen atoms in total. The molecular formula is C11H17N3O2. The number of nitrogens with one attached hydrogen (secondary N) is 2. The first kappa shape index (κ1) is 11.2. The van der Waals surface area contributed by atoms with Crippen LogP contribution in [-0.4, -0.2) is 20.3 Å². The lowest BCUT2D eigenvalue weighted by molar-refractivity contribution is 0.297. The molecular weight excluding hydrogens is 206 g/mol. The van der Waals surface area contributed by atoms with Crippen molar-refractivity contribution in [1.82, 2.24) is 10.7 Å². The van der Waals surface area contributed by atoms with E-state index in [1.807, 2.05) is 25.2 Å². The number of fused-ring (bicyclic) bond motifs is 1. The zero-order valence-corrected chi connectivity index (χ0v) is 9.32. The van der Waals surface area contributed by atoms with Crippen molar-refractivity contribution in [3.05, 3.63) is 23.8 Å². The van der Waals surface area contributed by atoms with E-state index >= 15 is 0 Å². The maximum atomic E-state index is 5.61. The normalized spacial score (nSPS) is 16.6. The van der Waals surface area contributed by atoms with Crippen LogP contribution in [0.4, 0.5) is 0 Å². The van der Waals surface area contributed by atoms with Gasteiger partial charge in [0.25, 0.3) is 0 Å². The second-order valence-corrected chi connectivity index (χ2v) is 3.65. The Morgan fingerprint density at radius 2 is 2.00 bits per heavy atom. The Kier molecular flexibility index (Phi) is 3.61. The van der Waals surface area contributed by atoms with Crippen molar-refractivity contribution in [2.45, 2.75) is 12.6 Å². The molecule has 0 saturated carbocycles. The summed E-state index contributed by atoms with van der Waals surface area (Å²) in [6.45, 7) is 1.40. The highest BCUT2D eigenvalue weighted by atomic mass is 16.5. The van der Waals surface area contributed by atoms with Crippen LogP contribution in [0, 0.1) is 0 Å². The van der Waals surface area contributed by atoms with E-state index in [-0.39, 0.29) is 6.17 Å². The van der Waals surface area contributed by atoms with Crippen molar-refractivity contribution in [3.8, 4) is 11.5 Å². The smallest absolute Gasteiger partial charge is 0.161 e. The summed E-state index contributed by atoms with van der Waals surface area (Å²) in [7, 11) is 1.84. The Morgan fingerprint density at radius 3 is 2.69 bits per heavy atom. The van der Waals surface area contributed by atoms with Gasteiger partial charge in [-0.2, -0.15) is 0 Å². The molecule has 0 aromatic heterocycles. The number of nitrogens with two attached hydrogens (primary N) is 1. The molecule has 0 radical (unpaired) electrons. The van der Waals surface area contributed by atoms with Gasteiger partial charge in [-0.1, -0.05) is 6.07 Å². The van der Waals surface area contributed by atoms with Gasteiger partial charge < -0.3 is 14.8 Å². The number of hydrogen-bond donors (Lipinski definition) is 3. The zero-order chi connectivity index (χ0) is 11.4. The van der Waals surface area contributed by atoms with Crippen LogP contribution in [0.2, 0.25) is 0 Å². The molecule has 1 aliphatic heterocycles. The van der Waals surface area contributed by atoms with E-state index in [0.717, 1.165) is 23.5 Å². The molecule has 0 fully saturated rings. The quantitative estimate of drug-likeness (QED) is 0.396. The van der Waals surface area contributed by atoms with E-state index in [4.69, 9.17) is 15.3 Å². The Bertz CT molecular complexity index is 353. The van der Waals surface area contributed by atoms with E-state index in [2.05, 4.69) is 10.7 Å². The molecule has 4 N–H and O–H groups in total. The molecule has 0 bridgehead atoms. The molecule has 1 aromatic carbocycles. The van der Waals surface area contributed by atoms with Crippen LogP contribution in [0.1, 0.15) is 18.2 Å². The van der Waals surface area contributed by atoms with Gasteiger partial charge in [-0.3, -0.25) is 5.84 Å². The summed E-state index contributed by atoms with van der Waals surface area (Å²) < 4.78 is 11.2. The molecule has 2 rings (SSSR count). The van der Waals surface area contributed by atoms with E-state index in [1.54, 1.807) is 0 Å². The molecule has 16 heavy (non-hydrogen) atoms. The largest absolute Gasteiger partial charge is 0.490 e. The van der Waals surface area contributed by atoms with E-state index in [9.17, 15) is 0 Å². The maximum absolute atomic E-state index is 5.61. The molecule has 1 heterocycles. The summed E-state index contributed by atoms with van der Waals surface area (Å²) in [5.41, 5.74) is 3.71. The molecule has 0 saturated heterocycles. The van der Waals surface area contributed by atoms with Crippen LogP contribution < -0.4 is 26.1 Å². The Balaban J connectivity index is 2.26. The van der Waals surface area contributed by atoms with Crippen molar-refractivity contribution in [2.75, 3.05) is 20.3 Å². The van der Waals surface area contributed by atoms with Gasteiger partial charge >= 0.3 is 0 Å². The number of rotatable bonds is 3. The molecule has 0 spiro atoms. The third kappa shape index (κ3) is 2.27. The summed E-state index contributed by atoms with van der Waals surface area (Å²) in [6.07, 6.45) is 0.825. The van der Waals surface area contributed by atoms with Gasteiger partial charge in [-0.05, 0) is 24.7 Å². The van der Waals surface area contributed by atoms with Crippen molar-refractivity contribution >= 4 is 0 Å². The molecule has 1 aliphatic rings. The molecule has 1 aromatic rings. The Morgan fingerprint density at radius 1 is 1.25 bits per heavy atom. The SMILES string of the molecule is CNC(NN)c1ccc2c(c1)OCCCO2. The second kappa shape index (κ2) is 5.16. The fraction of sp³-hybridized carbons (Fsp3) is 0.455. The van der Waals surface area contributed by atoms with Gasteiger partial charge in [0.05, 0.1) is 19.4 Å². The minimum Gasteiger partial charge on any atom is -0.490 e. The van der Waals surface area contributed by atoms with Gasteiger partial charge in [0.2, 0.25) is 0 Å². The molecule has 5 heteroatoms. The highest BCUT2D eigenvalue weighted by molar-refractivity contribution is 5.44. The van der Waals surface area contributed by atoms with E-state index in [1.165, 1.54) is 0 Å². The minimum atomic E-state index is -0.0860. The third-order valence-corrected chi connectivity index (χ3v) is 2.56. The van der Waals surface area contributed by atoms with Gasteiger partial charge in [-0.25, -0.2) is 5.43 Å². The first-order valence-corrected chi connectivity index (χ1v) is 5.38. The summed E-state index contributed by atoms with van der Waals surface area (Å²) in [5.74, 6) is 7.02. The van der Waals surface area contributed by atoms with Gasteiger partial charge in [0.1, 0.15) is 0 Å². The van der Waals surface area contributed by atoms with Crippen molar-refractivity contribution < 1.29 is 9.47 Å². The Labute approximate surface area is 94.9 Å². The van der Waals surface area contributed by atoms with Crippen molar-refractivity contribution in [2.24, 2.45) is 5.84 Å². The lowest BCUT2D eigenvalue weighted by Crippen LogP contribution is -2.36. The first-order chi connectivity index (χ1) is 7.85. The molecule has 0 aliphatic carbocycles. The fourth-order valence-corrected chi connectivity index (χ4v) is 1.71. The summed E-state index contributed by atoms with van der Waals surface area (Å²) in [4.78, 5) is 0. The lowest BCUT2D eigenvalue weighted by atomic mass is 10.1. The number of ether oxygens (including phenoxy) is 2. The molecule has 0 amide bonds. The topological polar surface area (TPSA) is 68.5 Å². The highest BCUT2D eigenvalue weighted by Crippen LogP contribution is 2.31. The number of benzene rings is 1. The average Bonchev–Trinajstić information content (AvgIpc) is 2.55. The average molecular weight is 223 g/mol. The van der Waals surface area contributed by atoms with Gasteiger partial charge in [0, 0.05) is 6.42 Å². The monoisotopic (exact) mass is 223 g/mol. The van der Waals surface area contributed by atoms with Crippen molar-refractivity contribution in [3.63, 3.8) is 0 Å². The Hall–Kier alpha value is -1.30. The third-order valence-electron chi connectivity index (χ3n) is 2.56. The first-order valence-electron chi connectivity index (χ1n) is 5.38. The number of hydrazine groups is 1. The van der Waals surface area contributed by atoms with Crippen LogP contribution in [0.3, 0.4) is 0 Å². The minimum absolute atomic E-state index is 0.0860. The van der Waals surface area contributed by atoms with Crippen molar-refractivity contribution in [1.29, 1.82) is 0 Å². The zero-order valence-electron chi connectivity index (χ0n) is 9.32. The number of hydrogen-bond acceptors (Lipinski definition) is 5. The predicted octanol–water partition coefficient (Wildman–Crippen LogP) is 0.529. The maximum Gasteiger partial charge on any atom is 0.161 e. The van der Waals surface area contributed by atoms with Crippen LogP contribution >= 0.6 is 0 Å². The highest BCUT2D eigenvalue weighted by Gasteiger charge is 2.13. The summed E-state index contributed by atoms with van der Waals surface area (Å²) in [5, 5.41) is 3.06. The molecule has 88 valence electrons. The van der Waals surface area contributed by atoms with E-state index < -0.39 is 0 Å². The molecule has 1 atom stereocenters. The summed E-state index contributed by atoms with van der Waals surface area (Å²) in [6, 6.07) is 5.83. The second-order valence-electron chi connectivity index (χ2n) is 3.65. The van der Waals surface area contributed by atoms with Crippen LogP contribution in [-0.2, 0) is 0 Å². The molecule has 1 unspecified atom stereocenters. The van der Waals surface area contributed by atoms with Crippen LogP contribution in [0.5, 0.6) is 11.5 Å². The van der Waals surface area contributed by atoms with Gasteiger partial charge in [-0.15, -0.1) is 0 Å². The lowest BCUT2D eigenvalue weighted by Gasteiger charge is -2.17. The fourth-order valence-electron chi connectivity index (χ4n) is 1.71. The van der Waals surface area contributed by atoms with Gasteiger partial charge in [0.15, 0.2) is 11.5 Å².